The Kier molecular flexibility index (Phi) is 4.01. The summed E-state index contributed by atoms with van der Waals surface area (Å²) in [5.41, 5.74) is 1.59. The summed E-state index contributed by atoms with van der Waals surface area (Å²) >= 11 is 1.36. The van der Waals surface area contributed by atoms with Crippen molar-refractivity contribution in [2.75, 3.05) is 5.32 Å². The fourth-order valence-electron chi connectivity index (χ4n) is 1.82. The molecule has 0 radical (unpaired) electrons. The maximum atomic E-state index is 11.2. The summed E-state index contributed by atoms with van der Waals surface area (Å²) in [4.78, 5) is 26.8. The topological polar surface area (TPSA) is 63.5 Å². The molecule has 5 nitrogen and oxygen atoms in total. The number of hydrogen-bond acceptors (Lipinski definition) is 3. The third kappa shape index (κ3) is 2.95. The third-order valence-corrected chi connectivity index (χ3v) is 3.55. The predicted octanol–water partition coefficient (Wildman–Crippen LogP) is 1.74. The molecule has 0 fully saturated rings. The van der Waals surface area contributed by atoms with E-state index in [2.05, 4.69) is 16.2 Å². The number of aromatic nitrogens is 1. The van der Waals surface area contributed by atoms with Gasteiger partial charge in [0.2, 0.25) is 11.8 Å². The molecule has 0 aliphatic carbocycles. The smallest absolute Gasteiger partial charge is 0.245 e. The Bertz CT molecular complexity index is 793. The lowest BCUT2D eigenvalue weighted by atomic mass is 10.3. The molecule has 6 heteroatoms. The number of fused-ring (bicyclic) bond motifs is 1. The summed E-state index contributed by atoms with van der Waals surface area (Å²) in [5, 5.41) is 2.72. The third-order valence-electron chi connectivity index (χ3n) is 2.51. The molecule has 20 heavy (non-hydrogen) atoms. The molecular weight excluding hydrogens is 274 g/mol. The van der Waals surface area contributed by atoms with Crippen LogP contribution in [0.5, 0.6) is 0 Å². The highest BCUT2D eigenvalue weighted by atomic mass is 32.1. The second-order valence-corrected chi connectivity index (χ2v) is 5.18. The van der Waals surface area contributed by atoms with Crippen LogP contribution in [-0.2, 0) is 16.1 Å². The van der Waals surface area contributed by atoms with Crippen molar-refractivity contribution in [3.8, 4) is 12.3 Å². The number of nitrogens with zero attached hydrogens (tertiary/aromatic N) is 2. The summed E-state index contributed by atoms with van der Waals surface area (Å²) in [7, 11) is 0. The van der Waals surface area contributed by atoms with Gasteiger partial charge in [0.25, 0.3) is 0 Å². The molecule has 0 aliphatic rings. The van der Waals surface area contributed by atoms with Gasteiger partial charge < -0.3 is 9.88 Å². The van der Waals surface area contributed by atoms with Crippen LogP contribution in [0.15, 0.2) is 23.2 Å². The van der Waals surface area contributed by atoms with E-state index in [9.17, 15) is 9.59 Å². The van der Waals surface area contributed by atoms with Crippen LogP contribution in [0.1, 0.15) is 13.8 Å². The number of thiazole rings is 1. The highest BCUT2D eigenvalue weighted by Crippen LogP contribution is 2.22. The molecule has 1 N–H and O–H groups in total. The van der Waals surface area contributed by atoms with Gasteiger partial charge in [0.05, 0.1) is 16.8 Å². The number of benzene rings is 1. The van der Waals surface area contributed by atoms with E-state index in [1.54, 1.807) is 10.6 Å². The van der Waals surface area contributed by atoms with Gasteiger partial charge in [0.1, 0.15) is 0 Å². The van der Waals surface area contributed by atoms with Gasteiger partial charge in [-0.2, -0.15) is 4.99 Å². The molecule has 2 aromatic rings. The largest absolute Gasteiger partial charge is 0.326 e. The minimum Gasteiger partial charge on any atom is -0.326 e. The molecule has 1 aromatic carbocycles. The van der Waals surface area contributed by atoms with Crippen molar-refractivity contribution in [2.45, 2.75) is 20.4 Å². The van der Waals surface area contributed by atoms with E-state index in [-0.39, 0.29) is 11.8 Å². The number of carbonyl (C=O) groups is 2. The zero-order valence-electron chi connectivity index (χ0n) is 11.1. The van der Waals surface area contributed by atoms with E-state index in [4.69, 9.17) is 6.42 Å². The summed E-state index contributed by atoms with van der Waals surface area (Å²) < 4.78 is 2.71. The van der Waals surface area contributed by atoms with Crippen molar-refractivity contribution in [1.29, 1.82) is 0 Å². The first-order valence-corrected chi connectivity index (χ1v) is 6.72. The van der Waals surface area contributed by atoms with Crippen LogP contribution in [-0.4, -0.2) is 16.4 Å². The van der Waals surface area contributed by atoms with E-state index >= 15 is 0 Å². The molecule has 0 aliphatic heterocycles. The monoisotopic (exact) mass is 287 g/mol. The molecule has 0 atom stereocenters. The van der Waals surface area contributed by atoms with Gasteiger partial charge in [-0.1, -0.05) is 17.3 Å². The van der Waals surface area contributed by atoms with Gasteiger partial charge in [-0.15, -0.1) is 6.42 Å². The minimum absolute atomic E-state index is 0.133. The van der Waals surface area contributed by atoms with Crippen LogP contribution in [0, 0.1) is 12.3 Å². The second-order valence-electron chi connectivity index (χ2n) is 4.17. The quantitative estimate of drug-likeness (QED) is 0.855. The predicted molar refractivity (Wildman–Crippen MR) is 79.2 cm³/mol. The lowest BCUT2D eigenvalue weighted by molar-refractivity contribution is -0.116. The highest BCUT2D eigenvalue weighted by molar-refractivity contribution is 7.16. The lowest BCUT2D eigenvalue weighted by Gasteiger charge is -2.03. The molecule has 0 unspecified atom stereocenters. The average Bonchev–Trinajstić information content (AvgIpc) is 2.65. The normalized spacial score (nSPS) is 11.3. The van der Waals surface area contributed by atoms with Crippen molar-refractivity contribution < 1.29 is 9.59 Å². The summed E-state index contributed by atoms with van der Waals surface area (Å²) in [6, 6.07) is 5.49. The highest BCUT2D eigenvalue weighted by Gasteiger charge is 2.07. The van der Waals surface area contributed by atoms with E-state index in [0.29, 0.717) is 17.0 Å². The van der Waals surface area contributed by atoms with E-state index in [0.717, 1.165) is 10.2 Å². The zero-order chi connectivity index (χ0) is 14.7. The van der Waals surface area contributed by atoms with Gasteiger partial charge in [-0.05, 0) is 18.2 Å². The molecule has 1 aromatic heterocycles. The fourth-order valence-corrected chi connectivity index (χ4v) is 2.93. The number of rotatable bonds is 2. The summed E-state index contributed by atoms with van der Waals surface area (Å²) in [5.74, 6) is 2.14. The molecule has 0 bridgehead atoms. The Labute approximate surface area is 120 Å². The van der Waals surface area contributed by atoms with Gasteiger partial charge in [0, 0.05) is 19.5 Å². The number of nitrogens with one attached hydrogen (secondary N) is 1. The van der Waals surface area contributed by atoms with Crippen LogP contribution < -0.4 is 10.1 Å². The van der Waals surface area contributed by atoms with Crippen molar-refractivity contribution >= 4 is 39.1 Å². The molecule has 102 valence electrons. The molecule has 0 spiro atoms. The Balaban J connectivity index is 2.64. The molecule has 0 saturated heterocycles. The standard InChI is InChI=1S/C14H13N3O2S/c1-4-7-17-12-6-5-11(15-9(2)18)8-13(12)20-14(17)16-10(3)19/h1,5-6,8H,7H2,2-3H3,(H,15,18). The number of carbonyl (C=O) groups excluding carboxylic acids is 2. The molecule has 2 amide bonds. The lowest BCUT2D eigenvalue weighted by Crippen LogP contribution is -2.15. The van der Waals surface area contributed by atoms with Gasteiger partial charge >= 0.3 is 0 Å². The van der Waals surface area contributed by atoms with E-state index in [1.165, 1.54) is 25.2 Å². The Morgan fingerprint density at radius 2 is 2.20 bits per heavy atom. The number of terminal acetylenes is 1. The SMILES string of the molecule is C#CCn1c(=NC(C)=O)sc2cc(NC(C)=O)ccc21. The molecule has 2 rings (SSSR count). The van der Waals surface area contributed by atoms with Crippen LogP contribution in [0.4, 0.5) is 5.69 Å². The maximum Gasteiger partial charge on any atom is 0.245 e. The van der Waals surface area contributed by atoms with Gasteiger partial charge in [-0.25, -0.2) is 0 Å². The Morgan fingerprint density at radius 1 is 1.45 bits per heavy atom. The minimum atomic E-state index is -0.274. The molecule has 1 heterocycles. The average molecular weight is 287 g/mol. The number of amides is 2. The van der Waals surface area contributed by atoms with Crippen molar-refractivity contribution in [3.05, 3.63) is 23.0 Å². The van der Waals surface area contributed by atoms with Gasteiger partial charge in [-0.3, -0.25) is 9.59 Å². The maximum absolute atomic E-state index is 11.2. The zero-order valence-corrected chi connectivity index (χ0v) is 12.0. The van der Waals surface area contributed by atoms with Crippen molar-refractivity contribution in [3.63, 3.8) is 0 Å². The first kappa shape index (κ1) is 14.0. The van der Waals surface area contributed by atoms with Crippen LogP contribution in [0.2, 0.25) is 0 Å². The first-order chi connectivity index (χ1) is 9.51. The van der Waals surface area contributed by atoms with Crippen LogP contribution in [0.3, 0.4) is 0 Å². The fraction of sp³-hybridized carbons (Fsp3) is 0.214. The molecular formula is C14H13N3O2S. The van der Waals surface area contributed by atoms with Crippen LogP contribution in [0.25, 0.3) is 10.2 Å². The molecule has 0 saturated carbocycles. The van der Waals surface area contributed by atoms with Gasteiger partial charge in [0.15, 0.2) is 4.80 Å². The first-order valence-electron chi connectivity index (χ1n) is 5.91. The van der Waals surface area contributed by atoms with Crippen LogP contribution >= 0.6 is 11.3 Å². The van der Waals surface area contributed by atoms with E-state index < -0.39 is 0 Å². The van der Waals surface area contributed by atoms with Crippen molar-refractivity contribution in [1.82, 2.24) is 4.57 Å². The number of anilines is 1. The Hall–Kier alpha value is -2.39. The number of hydrogen-bond donors (Lipinski definition) is 1. The van der Waals surface area contributed by atoms with E-state index in [1.807, 2.05) is 12.1 Å². The summed E-state index contributed by atoms with van der Waals surface area (Å²) in [6.45, 7) is 3.19. The van der Waals surface area contributed by atoms with Crippen molar-refractivity contribution in [2.24, 2.45) is 4.99 Å². The Morgan fingerprint density at radius 3 is 2.80 bits per heavy atom. The summed E-state index contributed by atoms with van der Waals surface area (Å²) in [6.07, 6.45) is 5.36. The second kappa shape index (κ2) is 5.72.